The molecule has 0 aromatic heterocycles. The second-order valence-corrected chi connectivity index (χ2v) is 14.5. The van der Waals surface area contributed by atoms with Gasteiger partial charge in [0.15, 0.2) is 0 Å². The number of hydrogen-bond acceptors (Lipinski definition) is 5. The Hall–Kier alpha value is -2.44. The maximum atomic E-state index is 13.1. The van der Waals surface area contributed by atoms with Gasteiger partial charge in [-0.05, 0) is 38.5 Å². The van der Waals surface area contributed by atoms with Crippen LogP contribution in [0.5, 0.6) is 0 Å². The van der Waals surface area contributed by atoms with E-state index in [1.54, 1.807) is 0 Å². The molecule has 3 unspecified atom stereocenters. The van der Waals surface area contributed by atoms with Crippen LogP contribution in [0, 0.1) is 0 Å². The highest BCUT2D eigenvalue weighted by Crippen LogP contribution is 2.16. The first-order chi connectivity index (χ1) is 25.5. The number of amides is 1. The molecule has 0 aromatic carbocycles. The Morgan fingerprint density at radius 3 is 1.54 bits per heavy atom. The van der Waals surface area contributed by atoms with E-state index in [0.717, 1.165) is 57.8 Å². The summed E-state index contributed by atoms with van der Waals surface area (Å²) in [7, 11) is 0. The smallest absolute Gasteiger partial charge is 0.306 e. The molecule has 0 aromatic rings. The fourth-order valence-electron chi connectivity index (χ4n) is 6.22. The number of ether oxygens (including phenoxy) is 1. The molecule has 0 aliphatic heterocycles. The van der Waals surface area contributed by atoms with E-state index < -0.39 is 18.2 Å². The van der Waals surface area contributed by atoms with Crippen LogP contribution < -0.4 is 5.32 Å². The number of allylic oxidation sites excluding steroid dienone is 10. The molecule has 0 radical (unpaired) electrons. The van der Waals surface area contributed by atoms with Crippen LogP contribution in [-0.2, 0) is 14.3 Å². The quantitative estimate of drug-likeness (QED) is 0.0336. The molecule has 3 atom stereocenters. The van der Waals surface area contributed by atoms with Crippen LogP contribution in [0.25, 0.3) is 0 Å². The van der Waals surface area contributed by atoms with Crippen molar-refractivity contribution >= 4 is 11.9 Å². The zero-order valence-corrected chi connectivity index (χ0v) is 33.9. The zero-order valence-electron chi connectivity index (χ0n) is 33.9. The lowest BCUT2D eigenvalue weighted by Gasteiger charge is -2.24. The number of nitrogens with one attached hydrogen (secondary N) is 1. The van der Waals surface area contributed by atoms with Gasteiger partial charge in [-0.3, -0.25) is 9.59 Å². The number of aliphatic hydroxyl groups is 2. The number of hydrogen-bond donors (Lipinski definition) is 3. The first-order valence-corrected chi connectivity index (χ1v) is 21.6. The SMILES string of the molecule is CC/C=C/C=C/C=C\C=C/C=C/CCCC(CC(=O)NC(CO)C(O)CCCCCCCCCCC)OC(=O)CCCCCCCCCCCCC. The van der Waals surface area contributed by atoms with Crippen molar-refractivity contribution in [2.45, 2.75) is 212 Å². The average molecular weight is 728 g/mol. The molecule has 52 heavy (non-hydrogen) atoms. The molecule has 6 nitrogen and oxygen atoms in total. The minimum atomic E-state index is -0.803. The first kappa shape index (κ1) is 49.6. The normalized spacial score (nSPS) is 14.0. The van der Waals surface area contributed by atoms with E-state index in [9.17, 15) is 19.8 Å². The van der Waals surface area contributed by atoms with Crippen molar-refractivity contribution in [3.8, 4) is 0 Å². The number of esters is 1. The zero-order chi connectivity index (χ0) is 38.2. The Balaban J connectivity index is 4.76. The lowest BCUT2D eigenvalue weighted by Crippen LogP contribution is -2.46. The third kappa shape index (κ3) is 34.6. The van der Waals surface area contributed by atoms with Crippen molar-refractivity contribution in [2.75, 3.05) is 6.61 Å². The van der Waals surface area contributed by atoms with Gasteiger partial charge in [-0.15, -0.1) is 0 Å². The molecule has 0 aliphatic rings. The Kier molecular flexibility index (Phi) is 37.9. The standard InChI is InChI=1S/C46H81NO5/c1-4-7-10-13-16-19-21-22-24-26-28-31-34-37-42(52-46(51)39-36-33-30-27-23-20-17-14-11-8-5-2)40-45(50)47-43(41-48)44(49)38-35-32-29-25-18-15-12-9-6-3/h7,10,13,16,19,21-22,24,26,28,42-44,48-49H,4-6,8-9,11-12,14-15,17-18,20,23,25,27,29-41H2,1-3H3,(H,47,50)/b10-7+,16-13+,21-19-,24-22-,28-26+. The second kappa shape index (κ2) is 39.8. The van der Waals surface area contributed by atoms with Gasteiger partial charge in [-0.2, -0.15) is 0 Å². The van der Waals surface area contributed by atoms with E-state index in [1.165, 1.54) is 89.9 Å². The molecular weight excluding hydrogens is 647 g/mol. The molecule has 1 amide bonds. The fraction of sp³-hybridized carbons (Fsp3) is 0.739. The number of unbranched alkanes of at least 4 members (excludes halogenated alkanes) is 19. The van der Waals surface area contributed by atoms with Crippen LogP contribution in [0.15, 0.2) is 60.8 Å². The van der Waals surface area contributed by atoms with Gasteiger partial charge in [0.2, 0.25) is 5.91 Å². The van der Waals surface area contributed by atoms with Crippen molar-refractivity contribution in [1.82, 2.24) is 5.32 Å². The Morgan fingerprint density at radius 1 is 0.577 bits per heavy atom. The van der Waals surface area contributed by atoms with Crippen molar-refractivity contribution in [2.24, 2.45) is 0 Å². The van der Waals surface area contributed by atoms with Gasteiger partial charge in [0.05, 0.1) is 25.2 Å². The van der Waals surface area contributed by atoms with E-state index in [-0.39, 0.29) is 24.9 Å². The molecular formula is C46H81NO5. The van der Waals surface area contributed by atoms with Crippen LogP contribution in [0.3, 0.4) is 0 Å². The van der Waals surface area contributed by atoms with E-state index in [1.807, 2.05) is 48.6 Å². The topological polar surface area (TPSA) is 95.9 Å². The number of carbonyl (C=O) groups is 2. The maximum Gasteiger partial charge on any atom is 0.306 e. The van der Waals surface area contributed by atoms with Crippen LogP contribution >= 0.6 is 0 Å². The Labute approximate surface area is 320 Å². The molecule has 0 spiro atoms. The lowest BCUT2D eigenvalue weighted by atomic mass is 10.0. The fourth-order valence-corrected chi connectivity index (χ4v) is 6.22. The largest absolute Gasteiger partial charge is 0.462 e. The van der Waals surface area contributed by atoms with E-state index in [0.29, 0.717) is 19.3 Å². The monoisotopic (exact) mass is 728 g/mol. The van der Waals surface area contributed by atoms with Crippen molar-refractivity contribution in [3.63, 3.8) is 0 Å². The van der Waals surface area contributed by atoms with Gasteiger partial charge in [0.1, 0.15) is 6.10 Å². The first-order valence-electron chi connectivity index (χ1n) is 21.6. The summed E-state index contributed by atoms with van der Waals surface area (Å²) in [4.78, 5) is 25.9. The summed E-state index contributed by atoms with van der Waals surface area (Å²) in [5.74, 6) is -0.551. The highest BCUT2D eigenvalue weighted by atomic mass is 16.5. The lowest BCUT2D eigenvalue weighted by molar-refractivity contribution is -0.151. The maximum absolute atomic E-state index is 13.1. The van der Waals surface area contributed by atoms with Gasteiger partial charge in [0, 0.05) is 6.42 Å². The summed E-state index contributed by atoms with van der Waals surface area (Å²) in [6.45, 7) is 6.26. The van der Waals surface area contributed by atoms with Crippen LogP contribution in [0.1, 0.15) is 194 Å². The van der Waals surface area contributed by atoms with Gasteiger partial charge in [0.25, 0.3) is 0 Å². The summed E-state index contributed by atoms with van der Waals surface area (Å²) in [5.41, 5.74) is 0. The van der Waals surface area contributed by atoms with Gasteiger partial charge in [-0.25, -0.2) is 0 Å². The highest BCUT2D eigenvalue weighted by Gasteiger charge is 2.23. The third-order valence-electron chi connectivity index (χ3n) is 9.49. The predicted octanol–water partition coefficient (Wildman–Crippen LogP) is 12.1. The average Bonchev–Trinajstić information content (AvgIpc) is 3.13. The number of rotatable bonds is 37. The minimum absolute atomic E-state index is 0.0284. The van der Waals surface area contributed by atoms with E-state index in [4.69, 9.17) is 4.74 Å². The Bertz CT molecular complexity index is 952. The van der Waals surface area contributed by atoms with Crippen molar-refractivity contribution < 1.29 is 24.5 Å². The molecule has 6 heteroatoms. The number of carbonyl (C=O) groups excluding carboxylic acids is 2. The molecule has 0 bridgehead atoms. The van der Waals surface area contributed by atoms with Crippen LogP contribution in [0.4, 0.5) is 0 Å². The minimum Gasteiger partial charge on any atom is -0.462 e. The third-order valence-corrected chi connectivity index (χ3v) is 9.49. The molecule has 3 N–H and O–H groups in total. The summed E-state index contributed by atoms with van der Waals surface area (Å²) < 4.78 is 5.85. The molecule has 0 heterocycles. The molecule has 0 saturated heterocycles. The number of aliphatic hydroxyl groups excluding tert-OH is 2. The van der Waals surface area contributed by atoms with Gasteiger partial charge < -0.3 is 20.3 Å². The van der Waals surface area contributed by atoms with E-state index >= 15 is 0 Å². The van der Waals surface area contributed by atoms with Crippen molar-refractivity contribution in [3.05, 3.63) is 60.8 Å². The highest BCUT2D eigenvalue weighted by molar-refractivity contribution is 5.77. The molecule has 0 aliphatic carbocycles. The Morgan fingerprint density at radius 2 is 1.04 bits per heavy atom. The van der Waals surface area contributed by atoms with Crippen LogP contribution in [0.2, 0.25) is 0 Å². The van der Waals surface area contributed by atoms with E-state index in [2.05, 4.69) is 38.2 Å². The predicted molar refractivity (Wildman–Crippen MR) is 222 cm³/mol. The summed E-state index contributed by atoms with van der Waals surface area (Å²) in [6.07, 6.45) is 47.1. The second-order valence-electron chi connectivity index (χ2n) is 14.5. The van der Waals surface area contributed by atoms with Gasteiger partial charge >= 0.3 is 5.97 Å². The van der Waals surface area contributed by atoms with Crippen molar-refractivity contribution in [1.29, 1.82) is 0 Å². The summed E-state index contributed by atoms with van der Waals surface area (Å²) >= 11 is 0. The molecule has 0 saturated carbocycles. The van der Waals surface area contributed by atoms with Crippen LogP contribution in [-0.4, -0.2) is 46.9 Å². The molecule has 0 rings (SSSR count). The summed E-state index contributed by atoms with van der Waals surface area (Å²) in [6, 6.07) is -0.721. The summed E-state index contributed by atoms with van der Waals surface area (Å²) in [5, 5.41) is 23.5. The molecule has 0 fully saturated rings. The van der Waals surface area contributed by atoms with Gasteiger partial charge in [-0.1, -0.05) is 204 Å². The molecule has 300 valence electrons.